The summed E-state index contributed by atoms with van der Waals surface area (Å²) < 4.78 is 0. The summed E-state index contributed by atoms with van der Waals surface area (Å²) >= 11 is 0. The third kappa shape index (κ3) is 2.96. The van der Waals surface area contributed by atoms with Gasteiger partial charge in [-0.05, 0) is 40.2 Å². The second-order valence-corrected chi connectivity index (χ2v) is 8.61. The van der Waals surface area contributed by atoms with Crippen LogP contribution >= 0.6 is 0 Å². The summed E-state index contributed by atoms with van der Waals surface area (Å²) in [5.74, 6) is 0.311. The molecular weight excluding hydrogens is 236 g/mol. The Morgan fingerprint density at radius 3 is 2.05 bits per heavy atom. The zero-order chi connectivity index (χ0) is 14.5. The van der Waals surface area contributed by atoms with Crippen molar-refractivity contribution in [3.05, 3.63) is 0 Å². The van der Waals surface area contributed by atoms with E-state index in [1.807, 2.05) is 20.8 Å². The maximum absolute atomic E-state index is 12.3. The maximum atomic E-state index is 12.3. The summed E-state index contributed by atoms with van der Waals surface area (Å²) in [7, 11) is 0. The average molecular weight is 266 g/mol. The normalized spacial score (nSPS) is 24.4. The van der Waals surface area contributed by atoms with Crippen molar-refractivity contribution >= 4 is 5.91 Å². The van der Waals surface area contributed by atoms with Crippen molar-refractivity contribution < 1.29 is 4.79 Å². The van der Waals surface area contributed by atoms with Gasteiger partial charge < -0.3 is 4.90 Å². The average Bonchev–Trinajstić information content (AvgIpc) is 2.22. The van der Waals surface area contributed by atoms with Crippen molar-refractivity contribution in [1.82, 2.24) is 9.80 Å². The summed E-state index contributed by atoms with van der Waals surface area (Å²) in [5, 5.41) is 0. The Balaban J connectivity index is 1.96. The lowest BCUT2D eigenvalue weighted by atomic mass is 9.71. The Labute approximate surface area is 118 Å². The topological polar surface area (TPSA) is 23.6 Å². The van der Waals surface area contributed by atoms with E-state index in [1.165, 1.54) is 19.4 Å². The fourth-order valence-electron chi connectivity index (χ4n) is 3.42. The van der Waals surface area contributed by atoms with Crippen LogP contribution in [-0.4, -0.2) is 47.4 Å². The van der Waals surface area contributed by atoms with Gasteiger partial charge in [0.2, 0.25) is 5.91 Å². The molecule has 0 aromatic rings. The van der Waals surface area contributed by atoms with Crippen molar-refractivity contribution in [3.63, 3.8) is 0 Å². The lowest BCUT2D eigenvalue weighted by Gasteiger charge is -2.57. The van der Waals surface area contributed by atoms with Crippen molar-refractivity contribution in [2.75, 3.05) is 26.2 Å². The molecule has 2 fully saturated rings. The summed E-state index contributed by atoms with van der Waals surface area (Å²) in [6.45, 7) is 17.2. The van der Waals surface area contributed by atoms with Crippen LogP contribution in [0.1, 0.15) is 54.4 Å². The van der Waals surface area contributed by atoms with Crippen LogP contribution in [0.3, 0.4) is 0 Å². The minimum Gasteiger partial charge on any atom is -0.341 e. The number of nitrogens with zero attached hydrogens (tertiary/aromatic N) is 2. The summed E-state index contributed by atoms with van der Waals surface area (Å²) in [4.78, 5) is 16.9. The molecule has 1 spiro atoms. The first kappa shape index (κ1) is 14.8. The largest absolute Gasteiger partial charge is 0.341 e. The molecule has 3 nitrogen and oxygen atoms in total. The molecule has 110 valence electrons. The minimum atomic E-state index is -0.236. The van der Waals surface area contributed by atoms with Gasteiger partial charge in [-0.15, -0.1) is 0 Å². The van der Waals surface area contributed by atoms with E-state index in [9.17, 15) is 4.79 Å². The molecule has 2 aliphatic rings. The summed E-state index contributed by atoms with van der Waals surface area (Å²) in [6, 6.07) is 0. The van der Waals surface area contributed by atoms with Crippen molar-refractivity contribution in [2.24, 2.45) is 10.8 Å². The van der Waals surface area contributed by atoms with Gasteiger partial charge in [0, 0.05) is 36.0 Å². The number of hydrogen-bond acceptors (Lipinski definition) is 2. The summed E-state index contributed by atoms with van der Waals surface area (Å²) in [6.07, 6.45) is 2.56. The third-order valence-electron chi connectivity index (χ3n) is 4.59. The van der Waals surface area contributed by atoms with Crippen molar-refractivity contribution in [1.29, 1.82) is 0 Å². The SMILES string of the molecule is CC(C)(C)C(=O)N1CC2(CCCN(C(C)(C)C)C2)C1. The van der Waals surface area contributed by atoms with Crippen LogP contribution in [0.25, 0.3) is 0 Å². The van der Waals surface area contributed by atoms with E-state index >= 15 is 0 Å². The number of amides is 1. The molecule has 2 heterocycles. The van der Waals surface area contributed by atoms with E-state index in [1.54, 1.807) is 0 Å². The Bertz CT molecular complexity index is 356. The molecule has 0 aliphatic carbocycles. The van der Waals surface area contributed by atoms with E-state index in [4.69, 9.17) is 0 Å². The van der Waals surface area contributed by atoms with Crippen LogP contribution in [-0.2, 0) is 4.79 Å². The number of rotatable bonds is 0. The fraction of sp³-hybridized carbons (Fsp3) is 0.938. The molecule has 0 N–H and O–H groups in total. The van der Waals surface area contributed by atoms with Gasteiger partial charge in [0.25, 0.3) is 0 Å². The zero-order valence-electron chi connectivity index (χ0n) is 13.5. The van der Waals surface area contributed by atoms with Crippen LogP contribution in [0, 0.1) is 10.8 Å². The van der Waals surface area contributed by atoms with E-state index in [0.717, 1.165) is 19.6 Å². The predicted octanol–water partition coefficient (Wildman–Crippen LogP) is 2.76. The molecule has 0 bridgehead atoms. The molecule has 2 rings (SSSR count). The van der Waals surface area contributed by atoms with Gasteiger partial charge >= 0.3 is 0 Å². The van der Waals surface area contributed by atoms with Gasteiger partial charge in [0.1, 0.15) is 0 Å². The number of piperidine rings is 1. The standard InChI is InChI=1S/C16H30N2O/c1-14(2,3)13(19)17-10-16(11-17)8-7-9-18(12-16)15(4,5)6/h7-12H2,1-6H3. The molecular formula is C16H30N2O. The monoisotopic (exact) mass is 266 g/mol. The minimum absolute atomic E-state index is 0.236. The summed E-state index contributed by atoms with van der Waals surface area (Å²) in [5.41, 5.74) is 0.397. The first-order valence-electron chi connectivity index (χ1n) is 7.58. The van der Waals surface area contributed by atoms with Gasteiger partial charge in [-0.2, -0.15) is 0 Å². The molecule has 1 amide bonds. The highest BCUT2D eigenvalue weighted by Crippen LogP contribution is 2.42. The Hall–Kier alpha value is -0.570. The zero-order valence-corrected chi connectivity index (χ0v) is 13.5. The van der Waals surface area contributed by atoms with Crippen molar-refractivity contribution in [3.8, 4) is 0 Å². The van der Waals surface area contributed by atoms with Gasteiger partial charge in [-0.25, -0.2) is 0 Å². The Kier molecular flexibility index (Phi) is 3.49. The third-order valence-corrected chi connectivity index (χ3v) is 4.59. The van der Waals surface area contributed by atoms with Gasteiger partial charge in [0.05, 0.1) is 0 Å². The van der Waals surface area contributed by atoms with Crippen LogP contribution in [0.15, 0.2) is 0 Å². The quantitative estimate of drug-likeness (QED) is 0.673. The molecule has 2 saturated heterocycles. The van der Waals surface area contributed by atoms with E-state index in [-0.39, 0.29) is 11.0 Å². The highest BCUT2D eigenvalue weighted by atomic mass is 16.2. The lowest BCUT2D eigenvalue weighted by molar-refractivity contribution is -0.157. The maximum Gasteiger partial charge on any atom is 0.227 e. The Morgan fingerprint density at radius 2 is 1.58 bits per heavy atom. The fourth-order valence-corrected chi connectivity index (χ4v) is 3.42. The molecule has 0 unspecified atom stereocenters. The molecule has 0 aromatic carbocycles. The van der Waals surface area contributed by atoms with E-state index in [2.05, 4.69) is 30.6 Å². The van der Waals surface area contributed by atoms with E-state index < -0.39 is 0 Å². The van der Waals surface area contributed by atoms with Crippen LogP contribution in [0.2, 0.25) is 0 Å². The van der Waals surface area contributed by atoms with Crippen LogP contribution in [0.5, 0.6) is 0 Å². The van der Waals surface area contributed by atoms with E-state index in [0.29, 0.717) is 11.3 Å². The smallest absolute Gasteiger partial charge is 0.227 e. The Morgan fingerprint density at radius 1 is 1.00 bits per heavy atom. The molecule has 3 heteroatoms. The number of carbonyl (C=O) groups is 1. The first-order valence-corrected chi connectivity index (χ1v) is 7.58. The molecule has 0 radical (unpaired) electrons. The number of carbonyl (C=O) groups excluding carboxylic acids is 1. The molecule has 19 heavy (non-hydrogen) atoms. The molecule has 0 aromatic heterocycles. The molecule has 2 aliphatic heterocycles. The number of hydrogen-bond donors (Lipinski definition) is 0. The van der Waals surface area contributed by atoms with Gasteiger partial charge in [0.15, 0.2) is 0 Å². The predicted molar refractivity (Wildman–Crippen MR) is 79.0 cm³/mol. The highest BCUT2D eigenvalue weighted by molar-refractivity contribution is 5.82. The lowest BCUT2D eigenvalue weighted by Crippen LogP contribution is -2.67. The first-order chi connectivity index (χ1) is 8.54. The van der Waals surface area contributed by atoms with Gasteiger partial charge in [-0.1, -0.05) is 20.8 Å². The molecule has 0 atom stereocenters. The second-order valence-electron chi connectivity index (χ2n) is 8.61. The van der Waals surface area contributed by atoms with Gasteiger partial charge in [-0.3, -0.25) is 9.69 Å². The molecule has 0 saturated carbocycles. The highest BCUT2D eigenvalue weighted by Gasteiger charge is 2.49. The van der Waals surface area contributed by atoms with Crippen LogP contribution in [0.4, 0.5) is 0 Å². The number of likely N-dealkylation sites (tertiary alicyclic amines) is 2. The van der Waals surface area contributed by atoms with Crippen molar-refractivity contribution in [2.45, 2.75) is 59.9 Å². The second kappa shape index (κ2) is 4.47. The van der Waals surface area contributed by atoms with Crippen LogP contribution < -0.4 is 0 Å².